The average molecular weight is 446 g/mol. The van der Waals surface area contributed by atoms with E-state index in [1.165, 1.54) is 11.1 Å². The Hall–Kier alpha value is -1.66. The molecule has 2 aromatic carbocycles. The van der Waals surface area contributed by atoms with Crippen molar-refractivity contribution in [3.63, 3.8) is 0 Å². The second-order valence-corrected chi connectivity index (χ2v) is 8.36. The molecule has 6 heteroatoms. The van der Waals surface area contributed by atoms with E-state index < -0.39 is 0 Å². The summed E-state index contributed by atoms with van der Waals surface area (Å²) in [5, 5.41) is 1.65. The first kappa shape index (κ1) is 18.7. The fourth-order valence-electron chi connectivity index (χ4n) is 3.73. The first-order chi connectivity index (χ1) is 13.0. The van der Waals surface area contributed by atoms with Gasteiger partial charge in [-0.1, -0.05) is 33.6 Å². The van der Waals surface area contributed by atoms with Gasteiger partial charge in [0.05, 0.1) is 5.52 Å². The summed E-state index contributed by atoms with van der Waals surface area (Å²) in [6.45, 7) is 2.17. The van der Waals surface area contributed by atoms with Crippen LogP contribution in [0.1, 0.15) is 29.2 Å². The van der Waals surface area contributed by atoms with Crippen LogP contribution in [0.5, 0.6) is 0 Å². The summed E-state index contributed by atoms with van der Waals surface area (Å²) >= 11 is 9.78. The Kier molecular flexibility index (Phi) is 5.37. The van der Waals surface area contributed by atoms with Crippen LogP contribution in [0.2, 0.25) is 5.02 Å². The monoisotopic (exact) mass is 444 g/mol. The lowest BCUT2D eigenvalue weighted by molar-refractivity contribution is 0.732. The zero-order valence-corrected chi connectivity index (χ0v) is 17.3. The SMILES string of the molecule is NCC(N)c1cc(N2CCCc3cc(Br)ccc3C2)nc2ccc(Cl)cc12. The molecule has 0 saturated carbocycles. The molecule has 4 rings (SSSR count). The third-order valence-electron chi connectivity index (χ3n) is 5.17. The van der Waals surface area contributed by atoms with E-state index in [2.05, 4.69) is 45.1 Å². The highest BCUT2D eigenvalue weighted by molar-refractivity contribution is 9.10. The quantitative estimate of drug-likeness (QED) is 0.620. The predicted molar refractivity (Wildman–Crippen MR) is 116 cm³/mol. The number of fused-ring (bicyclic) bond motifs is 2. The second-order valence-electron chi connectivity index (χ2n) is 7.01. The molecule has 2 heterocycles. The lowest BCUT2D eigenvalue weighted by atomic mass is 10.0. The number of aromatic nitrogens is 1. The number of nitrogens with two attached hydrogens (primary N) is 2. The van der Waals surface area contributed by atoms with Gasteiger partial charge in [0.2, 0.25) is 0 Å². The molecule has 0 spiro atoms. The maximum Gasteiger partial charge on any atom is 0.129 e. The number of anilines is 1. The smallest absolute Gasteiger partial charge is 0.129 e. The molecule has 1 aromatic heterocycles. The maximum absolute atomic E-state index is 6.31. The molecule has 1 atom stereocenters. The molecule has 4 N–H and O–H groups in total. The van der Waals surface area contributed by atoms with Crippen LogP contribution >= 0.6 is 27.5 Å². The van der Waals surface area contributed by atoms with Crippen molar-refractivity contribution in [3.05, 3.63) is 68.7 Å². The summed E-state index contributed by atoms with van der Waals surface area (Å²) in [4.78, 5) is 7.25. The zero-order valence-electron chi connectivity index (χ0n) is 15.0. The molecule has 0 fully saturated rings. The normalized spacial score (nSPS) is 15.5. The van der Waals surface area contributed by atoms with Gasteiger partial charge in [-0.05, 0) is 65.9 Å². The number of hydrogen-bond donors (Lipinski definition) is 2. The molecule has 0 radical (unpaired) electrons. The topological polar surface area (TPSA) is 68.2 Å². The summed E-state index contributed by atoms with van der Waals surface area (Å²) in [5.41, 5.74) is 16.8. The maximum atomic E-state index is 6.31. The van der Waals surface area contributed by atoms with E-state index >= 15 is 0 Å². The Morgan fingerprint density at radius 1 is 1.15 bits per heavy atom. The van der Waals surface area contributed by atoms with Crippen LogP contribution in [-0.4, -0.2) is 18.1 Å². The van der Waals surface area contributed by atoms with Crippen molar-refractivity contribution in [1.82, 2.24) is 4.98 Å². The highest BCUT2D eigenvalue weighted by Crippen LogP contribution is 2.31. The van der Waals surface area contributed by atoms with Crippen molar-refractivity contribution in [1.29, 1.82) is 0 Å². The van der Waals surface area contributed by atoms with Gasteiger partial charge >= 0.3 is 0 Å². The van der Waals surface area contributed by atoms with Gasteiger partial charge in [0.15, 0.2) is 0 Å². The van der Waals surface area contributed by atoms with Crippen LogP contribution in [0.25, 0.3) is 10.9 Å². The molecule has 0 aliphatic carbocycles. The molecule has 27 heavy (non-hydrogen) atoms. The van der Waals surface area contributed by atoms with Crippen LogP contribution in [0.4, 0.5) is 5.82 Å². The summed E-state index contributed by atoms with van der Waals surface area (Å²) in [7, 11) is 0. The number of benzene rings is 2. The Morgan fingerprint density at radius 2 is 2.00 bits per heavy atom. The van der Waals surface area contributed by atoms with Gasteiger partial charge in [-0.25, -0.2) is 4.98 Å². The van der Waals surface area contributed by atoms with E-state index in [9.17, 15) is 0 Å². The number of nitrogens with zero attached hydrogens (tertiary/aromatic N) is 2. The number of halogens is 2. The van der Waals surface area contributed by atoms with Crippen LogP contribution in [0, 0.1) is 0 Å². The lowest BCUT2D eigenvalue weighted by Crippen LogP contribution is -2.25. The van der Waals surface area contributed by atoms with Crippen LogP contribution in [0.3, 0.4) is 0 Å². The third kappa shape index (κ3) is 3.83. The Labute approximate surface area is 172 Å². The zero-order chi connectivity index (χ0) is 19.0. The molecule has 4 nitrogen and oxygen atoms in total. The molecule has 1 unspecified atom stereocenters. The Balaban J connectivity index is 1.79. The standard InChI is InChI=1S/C21H22BrClN4/c22-15-4-3-14-12-27(7-1-2-13(14)8-15)21-10-17(19(25)11-24)18-9-16(23)5-6-20(18)26-21/h3-6,8-10,19H,1-2,7,11-12,24-25H2. The van der Waals surface area contributed by atoms with E-state index in [1.54, 1.807) is 0 Å². The van der Waals surface area contributed by atoms with Crippen LogP contribution in [0.15, 0.2) is 46.9 Å². The predicted octanol–water partition coefficient (Wildman–Crippen LogP) is 4.56. The fourth-order valence-corrected chi connectivity index (χ4v) is 4.31. The Morgan fingerprint density at radius 3 is 2.81 bits per heavy atom. The van der Waals surface area contributed by atoms with Crippen molar-refractivity contribution in [2.75, 3.05) is 18.0 Å². The van der Waals surface area contributed by atoms with E-state index in [-0.39, 0.29) is 6.04 Å². The minimum absolute atomic E-state index is 0.247. The fraction of sp³-hybridized carbons (Fsp3) is 0.286. The first-order valence-corrected chi connectivity index (χ1v) is 10.3. The molecule has 1 aliphatic rings. The molecule has 3 aromatic rings. The molecule has 0 amide bonds. The highest BCUT2D eigenvalue weighted by atomic mass is 79.9. The van der Waals surface area contributed by atoms with Gasteiger partial charge in [0.1, 0.15) is 5.82 Å². The van der Waals surface area contributed by atoms with E-state index in [1.807, 2.05) is 18.2 Å². The number of pyridine rings is 1. The van der Waals surface area contributed by atoms with E-state index in [0.29, 0.717) is 11.6 Å². The summed E-state index contributed by atoms with van der Waals surface area (Å²) in [6.07, 6.45) is 2.16. The molecular formula is C21H22BrClN4. The van der Waals surface area contributed by atoms with Crippen molar-refractivity contribution < 1.29 is 0 Å². The molecule has 0 bridgehead atoms. The second kappa shape index (κ2) is 7.76. The van der Waals surface area contributed by atoms with Crippen molar-refractivity contribution in [2.45, 2.75) is 25.4 Å². The van der Waals surface area contributed by atoms with Gasteiger partial charge in [-0.3, -0.25) is 0 Å². The van der Waals surface area contributed by atoms with Gasteiger partial charge in [0.25, 0.3) is 0 Å². The van der Waals surface area contributed by atoms with Gasteiger partial charge < -0.3 is 16.4 Å². The minimum Gasteiger partial charge on any atom is -0.352 e. The van der Waals surface area contributed by atoms with E-state index in [4.69, 9.17) is 28.1 Å². The minimum atomic E-state index is -0.247. The molecule has 0 saturated heterocycles. The molecular weight excluding hydrogens is 424 g/mol. The highest BCUT2D eigenvalue weighted by Gasteiger charge is 2.19. The summed E-state index contributed by atoms with van der Waals surface area (Å²) in [5.74, 6) is 0.944. The van der Waals surface area contributed by atoms with Crippen LogP contribution in [-0.2, 0) is 13.0 Å². The molecule has 140 valence electrons. The van der Waals surface area contributed by atoms with Crippen LogP contribution < -0.4 is 16.4 Å². The number of hydrogen-bond acceptors (Lipinski definition) is 4. The molecule has 1 aliphatic heterocycles. The summed E-state index contributed by atoms with van der Waals surface area (Å²) in [6, 6.07) is 14.1. The number of rotatable bonds is 3. The number of aryl methyl sites for hydroxylation is 1. The largest absolute Gasteiger partial charge is 0.352 e. The van der Waals surface area contributed by atoms with Crippen molar-refractivity contribution in [2.24, 2.45) is 11.5 Å². The van der Waals surface area contributed by atoms with Crippen molar-refractivity contribution >= 4 is 44.3 Å². The third-order valence-corrected chi connectivity index (χ3v) is 5.90. The Bertz CT molecular complexity index is 991. The lowest BCUT2D eigenvalue weighted by Gasteiger charge is -2.24. The van der Waals surface area contributed by atoms with Gasteiger partial charge in [-0.15, -0.1) is 0 Å². The average Bonchev–Trinajstić information content (AvgIpc) is 2.88. The van der Waals surface area contributed by atoms with Crippen molar-refractivity contribution in [3.8, 4) is 0 Å². The van der Waals surface area contributed by atoms with Gasteiger partial charge in [-0.2, -0.15) is 0 Å². The van der Waals surface area contributed by atoms with E-state index in [0.717, 1.165) is 52.7 Å². The first-order valence-electron chi connectivity index (χ1n) is 9.13. The summed E-state index contributed by atoms with van der Waals surface area (Å²) < 4.78 is 1.13. The van der Waals surface area contributed by atoms with Gasteiger partial charge in [0, 0.05) is 40.6 Å².